The molecule has 2 nitrogen and oxygen atoms in total. The van der Waals surface area contributed by atoms with Crippen molar-refractivity contribution < 1.29 is 4.79 Å². The summed E-state index contributed by atoms with van der Waals surface area (Å²) in [5.41, 5.74) is 3.94. The molecule has 0 spiro atoms. The van der Waals surface area contributed by atoms with Gasteiger partial charge in [0.25, 0.3) is 0 Å². The van der Waals surface area contributed by atoms with Crippen LogP contribution >= 0.6 is 0 Å². The van der Waals surface area contributed by atoms with Gasteiger partial charge in [0.15, 0.2) is 5.78 Å². The molecule has 0 fully saturated rings. The number of rotatable bonds is 5. The van der Waals surface area contributed by atoms with Crippen molar-refractivity contribution in [1.29, 1.82) is 0 Å². The largest absolute Gasteiger partial charge is 0.302 e. The summed E-state index contributed by atoms with van der Waals surface area (Å²) in [5.74, 6) is 6.38. The Labute approximate surface area is 139 Å². The third-order valence-corrected chi connectivity index (χ3v) is 3.65. The first-order valence-corrected chi connectivity index (χ1v) is 7.99. The summed E-state index contributed by atoms with van der Waals surface area (Å²) in [7, 11) is 2.14. The van der Waals surface area contributed by atoms with Gasteiger partial charge in [-0.05, 0) is 56.8 Å². The smallest absolute Gasteiger partial charge is 0.159 e. The number of carbonyl (C=O) groups excluding carboxylic acids is 1. The van der Waals surface area contributed by atoms with Crippen LogP contribution in [0.25, 0.3) is 0 Å². The lowest BCUT2D eigenvalue weighted by Crippen LogP contribution is -2.18. The molecule has 0 aromatic heterocycles. The van der Waals surface area contributed by atoms with E-state index in [1.807, 2.05) is 24.3 Å². The van der Waals surface area contributed by atoms with Gasteiger partial charge in [0.1, 0.15) is 0 Å². The van der Waals surface area contributed by atoms with E-state index in [-0.39, 0.29) is 5.78 Å². The molecule has 0 unspecified atom stereocenters. The Morgan fingerprint density at radius 2 is 1.48 bits per heavy atom. The summed E-state index contributed by atoms with van der Waals surface area (Å²) in [6.07, 6.45) is 1.17. The summed E-state index contributed by atoms with van der Waals surface area (Å²) in [6.45, 7) is 5.84. The summed E-state index contributed by atoms with van der Waals surface area (Å²) >= 11 is 0. The zero-order valence-electron chi connectivity index (χ0n) is 14.1. The molecule has 0 bridgehead atoms. The molecule has 2 aromatic rings. The van der Waals surface area contributed by atoms with Crippen LogP contribution in [-0.2, 0) is 6.54 Å². The minimum atomic E-state index is 0.0770. The van der Waals surface area contributed by atoms with E-state index < -0.39 is 0 Å². The van der Waals surface area contributed by atoms with Crippen LogP contribution in [0.4, 0.5) is 0 Å². The van der Waals surface area contributed by atoms with Crippen LogP contribution in [0.3, 0.4) is 0 Å². The molecule has 0 amide bonds. The first-order chi connectivity index (χ1) is 11.1. The Bertz CT molecular complexity index is 702. The molecule has 2 rings (SSSR count). The van der Waals surface area contributed by atoms with E-state index in [0.717, 1.165) is 29.8 Å². The Balaban J connectivity index is 2.02. The molecule has 0 saturated carbocycles. The lowest BCUT2D eigenvalue weighted by molar-refractivity contribution is 0.101. The molecule has 2 heteroatoms. The van der Waals surface area contributed by atoms with Gasteiger partial charge in [0.05, 0.1) is 0 Å². The van der Waals surface area contributed by atoms with Crippen LogP contribution in [-0.4, -0.2) is 24.3 Å². The Morgan fingerprint density at radius 1 is 0.957 bits per heavy atom. The van der Waals surface area contributed by atoms with Gasteiger partial charge < -0.3 is 4.90 Å². The molecule has 0 aliphatic carbocycles. The molecule has 0 atom stereocenters. The van der Waals surface area contributed by atoms with Crippen LogP contribution in [0.1, 0.15) is 47.3 Å². The molecule has 0 heterocycles. The van der Waals surface area contributed by atoms with Gasteiger partial charge in [-0.1, -0.05) is 43.0 Å². The fraction of sp³-hybridized carbons (Fsp3) is 0.286. The van der Waals surface area contributed by atoms with Crippen molar-refractivity contribution in [3.05, 3.63) is 70.8 Å². The van der Waals surface area contributed by atoms with Crippen molar-refractivity contribution in [2.24, 2.45) is 0 Å². The summed E-state index contributed by atoms with van der Waals surface area (Å²) in [4.78, 5) is 13.6. The predicted octanol–water partition coefficient (Wildman–Crippen LogP) is 4.13. The van der Waals surface area contributed by atoms with Crippen LogP contribution in [0.2, 0.25) is 0 Å². The van der Waals surface area contributed by atoms with E-state index in [1.54, 1.807) is 6.92 Å². The number of Topliss-reactive ketones (excluding diaryl/α,β-unsaturated/α-hetero) is 1. The molecular weight excluding hydrogens is 282 g/mol. The number of ketones is 1. The summed E-state index contributed by atoms with van der Waals surface area (Å²) in [6, 6.07) is 15.8. The van der Waals surface area contributed by atoms with Crippen molar-refractivity contribution in [3.63, 3.8) is 0 Å². The van der Waals surface area contributed by atoms with E-state index in [1.165, 1.54) is 12.0 Å². The van der Waals surface area contributed by atoms with Gasteiger partial charge in [0, 0.05) is 23.2 Å². The highest BCUT2D eigenvalue weighted by molar-refractivity contribution is 5.94. The van der Waals surface area contributed by atoms with Crippen molar-refractivity contribution >= 4 is 5.78 Å². The van der Waals surface area contributed by atoms with E-state index in [4.69, 9.17) is 0 Å². The highest BCUT2D eigenvalue weighted by Gasteiger charge is 1.99. The second kappa shape index (κ2) is 8.31. The zero-order chi connectivity index (χ0) is 16.7. The Hall–Kier alpha value is -2.37. The maximum atomic E-state index is 11.2. The van der Waals surface area contributed by atoms with Crippen molar-refractivity contribution in [2.45, 2.75) is 26.8 Å². The average Bonchev–Trinajstić information content (AvgIpc) is 2.55. The van der Waals surface area contributed by atoms with Crippen molar-refractivity contribution in [2.75, 3.05) is 13.6 Å². The third kappa shape index (κ3) is 5.39. The minimum Gasteiger partial charge on any atom is -0.302 e. The second-order valence-corrected chi connectivity index (χ2v) is 5.82. The Kier molecular flexibility index (Phi) is 6.14. The van der Waals surface area contributed by atoms with Crippen LogP contribution in [0.15, 0.2) is 48.5 Å². The van der Waals surface area contributed by atoms with Gasteiger partial charge in [-0.3, -0.25) is 4.79 Å². The molecule has 23 heavy (non-hydrogen) atoms. The second-order valence-electron chi connectivity index (χ2n) is 5.82. The van der Waals surface area contributed by atoms with Gasteiger partial charge in [-0.25, -0.2) is 0 Å². The number of benzene rings is 2. The molecule has 0 saturated heterocycles. The lowest BCUT2D eigenvalue weighted by Gasteiger charge is -2.15. The Morgan fingerprint density at radius 3 is 1.96 bits per heavy atom. The zero-order valence-corrected chi connectivity index (χ0v) is 14.1. The molecule has 0 aliphatic heterocycles. The first-order valence-electron chi connectivity index (χ1n) is 7.99. The lowest BCUT2D eigenvalue weighted by atomic mass is 10.1. The molecule has 0 aliphatic rings. The monoisotopic (exact) mass is 305 g/mol. The predicted molar refractivity (Wildman–Crippen MR) is 95.5 cm³/mol. The fourth-order valence-corrected chi connectivity index (χ4v) is 2.40. The van der Waals surface area contributed by atoms with Gasteiger partial charge in [0.2, 0.25) is 0 Å². The number of nitrogens with zero attached hydrogens (tertiary/aromatic N) is 1. The van der Waals surface area contributed by atoms with Gasteiger partial charge >= 0.3 is 0 Å². The normalized spacial score (nSPS) is 10.3. The van der Waals surface area contributed by atoms with Gasteiger partial charge in [-0.2, -0.15) is 0 Å². The quantitative estimate of drug-likeness (QED) is 0.611. The molecule has 118 valence electrons. The highest BCUT2D eigenvalue weighted by atomic mass is 16.1. The highest BCUT2D eigenvalue weighted by Crippen LogP contribution is 2.08. The standard InChI is InChI=1S/C21H23NO/c1-4-15-22(3)16-20-9-7-18(8-10-20)5-6-19-11-13-21(14-12-19)17(2)23/h7-14H,4,15-16H2,1-3H3. The molecule has 0 radical (unpaired) electrons. The third-order valence-electron chi connectivity index (χ3n) is 3.65. The van der Waals surface area contributed by atoms with Crippen LogP contribution < -0.4 is 0 Å². The van der Waals surface area contributed by atoms with Crippen LogP contribution in [0, 0.1) is 11.8 Å². The number of hydrogen-bond acceptors (Lipinski definition) is 2. The molecule has 2 aromatic carbocycles. The number of carbonyl (C=O) groups is 1. The molecule has 0 N–H and O–H groups in total. The van der Waals surface area contributed by atoms with E-state index >= 15 is 0 Å². The first kappa shape index (κ1) is 17.0. The van der Waals surface area contributed by atoms with Crippen molar-refractivity contribution in [3.8, 4) is 11.8 Å². The SMILES string of the molecule is CCCN(C)Cc1ccc(C#Cc2ccc(C(C)=O)cc2)cc1. The van der Waals surface area contributed by atoms with E-state index in [0.29, 0.717) is 0 Å². The maximum Gasteiger partial charge on any atom is 0.159 e. The van der Waals surface area contributed by atoms with Crippen molar-refractivity contribution in [1.82, 2.24) is 4.90 Å². The van der Waals surface area contributed by atoms with Crippen LogP contribution in [0.5, 0.6) is 0 Å². The van der Waals surface area contributed by atoms with E-state index in [9.17, 15) is 4.79 Å². The number of hydrogen-bond donors (Lipinski definition) is 0. The van der Waals surface area contributed by atoms with Gasteiger partial charge in [-0.15, -0.1) is 0 Å². The van der Waals surface area contributed by atoms with E-state index in [2.05, 4.69) is 55.0 Å². The fourth-order valence-electron chi connectivity index (χ4n) is 2.40. The molecular formula is C21H23NO. The maximum absolute atomic E-state index is 11.2. The summed E-state index contributed by atoms with van der Waals surface area (Å²) in [5, 5.41) is 0. The topological polar surface area (TPSA) is 20.3 Å². The summed E-state index contributed by atoms with van der Waals surface area (Å²) < 4.78 is 0. The minimum absolute atomic E-state index is 0.0770. The average molecular weight is 305 g/mol.